The molecular weight excluding hydrogens is 322 g/mol. The van der Waals surface area contributed by atoms with Crippen LogP contribution in [0.4, 0.5) is 0 Å². The smallest absolute Gasteiger partial charge is 0.290 e. The molecule has 1 aromatic carbocycles. The summed E-state index contributed by atoms with van der Waals surface area (Å²) in [6.07, 6.45) is 2.42. The molecule has 0 saturated carbocycles. The molecule has 0 saturated heterocycles. The van der Waals surface area contributed by atoms with Gasteiger partial charge in [0.05, 0.1) is 19.4 Å². The van der Waals surface area contributed by atoms with Crippen molar-refractivity contribution in [3.8, 4) is 5.75 Å². The number of furan rings is 1. The van der Waals surface area contributed by atoms with Gasteiger partial charge in [-0.2, -0.15) is 0 Å². The molecule has 0 aliphatic carbocycles. The maximum Gasteiger partial charge on any atom is 0.290 e. The molecule has 5 heteroatoms. The van der Waals surface area contributed by atoms with Crippen LogP contribution < -0.4 is 4.74 Å². The number of ether oxygens (including phenoxy) is 1. The number of amides is 1. The van der Waals surface area contributed by atoms with Crippen molar-refractivity contribution >= 4 is 17.2 Å². The summed E-state index contributed by atoms with van der Waals surface area (Å²) in [4.78, 5) is 16.2. The molecule has 4 nitrogen and oxygen atoms in total. The second kappa shape index (κ2) is 6.17. The van der Waals surface area contributed by atoms with Crippen molar-refractivity contribution in [2.45, 2.75) is 12.5 Å². The molecule has 1 aliphatic heterocycles. The van der Waals surface area contributed by atoms with Crippen LogP contribution in [0.5, 0.6) is 5.75 Å². The van der Waals surface area contributed by atoms with Gasteiger partial charge >= 0.3 is 0 Å². The average Bonchev–Trinajstić information content (AvgIpc) is 3.31. The largest absolute Gasteiger partial charge is 0.497 e. The van der Waals surface area contributed by atoms with E-state index in [9.17, 15) is 4.79 Å². The Kier molecular flexibility index (Phi) is 3.86. The standard InChI is InChI=1S/C19H17NO3S/c1-22-14-6-4-13(5-7-14)18-15-9-12-24-17(15)8-10-20(18)19(21)16-3-2-11-23-16/h2-7,9,11-12,18H,8,10H2,1H3/t18-/m1/s1. The van der Waals surface area contributed by atoms with E-state index in [0.29, 0.717) is 12.3 Å². The van der Waals surface area contributed by atoms with Crippen molar-refractivity contribution < 1.29 is 13.9 Å². The average molecular weight is 339 g/mol. The quantitative estimate of drug-likeness (QED) is 0.720. The van der Waals surface area contributed by atoms with Gasteiger partial charge in [-0.15, -0.1) is 11.3 Å². The maximum atomic E-state index is 12.9. The van der Waals surface area contributed by atoms with Crippen molar-refractivity contribution in [3.63, 3.8) is 0 Å². The zero-order valence-corrected chi connectivity index (χ0v) is 14.1. The first kappa shape index (κ1) is 15.0. The Balaban J connectivity index is 1.76. The Morgan fingerprint density at radius 3 is 2.79 bits per heavy atom. The first-order valence-corrected chi connectivity index (χ1v) is 8.70. The lowest BCUT2D eigenvalue weighted by molar-refractivity contribution is 0.0663. The van der Waals surface area contributed by atoms with Crippen molar-refractivity contribution in [2.75, 3.05) is 13.7 Å². The molecule has 24 heavy (non-hydrogen) atoms. The SMILES string of the molecule is COc1ccc([C@@H]2c3ccsc3CCN2C(=O)c2ccco2)cc1. The minimum atomic E-state index is -0.0940. The summed E-state index contributed by atoms with van der Waals surface area (Å²) >= 11 is 1.76. The van der Waals surface area contributed by atoms with Crippen molar-refractivity contribution in [3.05, 3.63) is 75.9 Å². The molecule has 0 unspecified atom stereocenters. The second-order valence-electron chi connectivity index (χ2n) is 5.70. The highest BCUT2D eigenvalue weighted by atomic mass is 32.1. The third kappa shape index (κ3) is 2.51. The topological polar surface area (TPSA) is 42.7 Å². The van der Waals surface area contributed by atoms with E-state index >= 15 is 0 Å². The molecule has 1 atom stereocenters. The summed E-state index contributed by atoms with van der Waals surface area (Å²) in [5.74, 6) is 1.12. The molecule has 0 bridgehead atoms. The molecule has 2 aromatic heterocycles. The van der Waals surface area contributed by atoms with E-state index in [1.165, 1.54) is 16.7 Å². The molecule has 122 valence electrons. The van der Waals surface area contributed by atoms with E-state index in [0.717, 1.165) is 17.7 Å². The second-order valence-corrected chi connectivity index (χ2v) is 6.70. The van der Waals surface area contributed by atoms with Gasteiger partial charge in [-0.1, -0.05) is 12.1 Å². The van der Waals surface area contributed by atoms with Crippen LogP contribution in [0.3, 0.4) is 0 Å². The molecule has 4 rings (SSSR count). The van der Waals surface area contributed by atoms with E-state index in [2.05, 4.69) is 11.4 Å². The van der Waals surface area contributed by atoms with Gasteiger partial charge in [0.15, 0.2) is 5.76 Å². The van der Waals surface area contributed by atoms with E-state index in [1.807, 2.05) is 29.2 Å². The maximum absolute atomic E-state index is 12.9. The van der Waals surface area contributed by atoms with Crippen LogP contribution in [0.25, 0.3) is 0 Å². The first-order chi connectivity index (χ1) is 11.8. The van der Waals surface area contributed by atoms with Crippen LogP contribution in [0.15, 0.2) is 58.5 Å². The number of benzene rings is 1. The predicted molar refractivity (Wildman–Crippen MR) is 92.6 cm³/mol. The Labute approximate surface area is 144 Å². The third-order valence-electron chi connectivity index (χ3n) is 4.39. The van der Waals surface area contributed by atoms with Gasteiger partial charge < -0.3 is 14.1 Å². The lowest BCUT2D eigenvalue weighted by atomic mass is 9.93. The predicted octanol–water partition coefficient (Wildman–Crippen LogP) is 4.14. The van der Waals surface area contributed by atoms with Gasteiger partial charge in [0.2, 0.25) is 0 Å². The van der Waals surface area contributed by atoms with Crippen LogP contribution in [0, 0.1) is 0 Å². The lowest BCUT2D eigenvalue weighted by Gasteiger charge is -2.35. The monoisotopic (exact) mass is 339 g/mol. The zero-order valence-electron chi connectivity index (χ0n) is 13.3. The van der Waals surface area contributed by atoms with Crippen LogP contribution in [-0.4, -0.2) is 24.5 Å². The Hall–Kier alpha value is -2.53. The van der Waals surface area contributed by atoms with Crippen LogP contribution >= 0.6 is 11.3 Å². The third-order valence-corrected chi connectivity index (χ3v) is 5.39. The fourth-order valence-electron chi connectivity index (χ4n) is 3.22. The first-order valence-electron chi connectivity index (χ1n) is 7.82. The molecular formula is C19H17NO3S. The highest BCUT2D eigenvalue weighted by Crippen LogP contribution is 2.38. The molecule has 1 aliphatic rings. The van der Waals surface area contributed by atoms with Crippen molar-refractivity contribution in [1.82, 2.24) is 4.90 Å². The number of thiophene rings is 1. The van der Waals surface area contributed by atoms with Crippen LogP contribution in [-0.2, 0) is 6.42 Å². The van der Waals surface area contributed by atoms with Crippen molar-refractivity contribution in [1.29, 1.82) is 0 Å². The highest BCUT2D eigenvalue weighted by Gasteiger charge is 2.34. The summed E-state index contributed by atoms with van der Waals surface area (Å²) in [5, 5.41) is 2.10. The molecule has 0 radical (unpaired) electrons. The number of hydrogen-bond donors (Lipinski definition) is 0. The zero-order chi connectivity index (χ0) is 16.5. The number of methoxy groups -OCH3 is 1. The minimum Gasteiger partial charge on any atom is -0.497 e. The molecule has 0 N–H and O–H groups in total. The molecule has 1 amide bonds. The Morgan fingerprint density at radius 1 is 1.25 bits per heavy atom. The van der Waals surface area contributed by atoms with Crippen LogP contribution in [0.1, 0.15) is 32.6 Å². The minimum absolute atomic E-state index is 0.0716. The summed E-state index contributed by atoms with van der Waals surface area (Å²) in [6.45, 7) is 0.684. The number of carbonyl (C=O) groups excluding carboxylic acids is 1. The summed E-state index contributed by atoms with van der Waals surface area (Å²) in [5.41, 5.74) is 2.28. The number of nitrogens with zero attached hydrogens (tertiary/aromatic N) is 1. The van der Waals surface area contributed by atoms with Crippen LogP contribution in [0.2, 0.25) is 0 Å². The molecule has 0 spiro atoms. The number of rotatable bonds is 3. The fourth-order valence-corrected chi connectivity index (χ4v) is 4.13. The summed E-state index contributed by atoms with van der Waals surface area (Å²) in [7, 11) is 1.65. The van der Waals surface area contributed by atoms with Gasteiger partial charge in [0.25, 0.3) is 5.91 Å². The summed E-state index contributed by atoms with van der Waals surface area (Å²) in [6, 6.07) is 13.4. The lowest BCUT2D eigenvalue weighted by Crippen LogP contribution is -2.39. The highest BCUT2D eigenvalue weighted by molar-refractivity contribution is 7.10. The van der Waals surface area contributed by atoms with Gasteiger partial charge in [0, 0.05) is 11.4 Å². The van der Waals surface area contributed by atoms with Gasteiger partial charge in [0.1, 0.15) is 5.75 Å². The molecule has 0 fully saturated rings. The number of hydrogen-bond acceptors (Lipinski definition) is 4. The van der Waals surface area contributed by atoms with Gasteiger partial charge in [-0.25, -0.2) is 0 Å². The molecule has 3 aromatic rings. The van der Waals surface area contributed by atoms with E-state index in [4.69, 9.17) is 9.15 Å². The molecule has 3 heterocycles. The fraction of sp³-hybridized carbons (Fsp3) is 0.211. The Morgan fingerprint density at radius 2 is 2.08 bits per heavy atom. The van der Waals surface area contributed by atoms with Gasteiger partial charge in [-0.05, 0) is 53.3 Å². The normalized spacial score (nSPS) is 16.7. The van der Waals surface area contributed by atoms with Crippen molar-refractivity contribution in [2.24, 2.45) is 0 Å². The number of fused-ring (bicyclic) bond motifs is 1. The van der Waals surface area contributed by atoms with E-state index in [1.54, 1.807) is 30.6 Å². The van der Waals surface area contributed by atoms with Gasteiger partial charge in [-0.3, -0.25) is 4.79 Å². The summed E-state index contributed by atoms with van der Waals surface area (Å²) < 4.78 is 10.6. The number of carbonyl (C=O) groups is 1. The van der Waals surface area contributed by atoms with E-state index < -0.39 is 0 Å². The van der Waals surface area contributed by atoms with E-state index in [-0.39, 0.29) is 11.9 Å². The Bertz CT molecular complexity index is 836.